The SMILES string of the molecule is CNCCc1c(Cl)c(OC)cc2c1OCCO2. The minimum atomic E-state index is 0.558. The van der Waals surface area contributed by atoms with E-state index >= 15 is 0 Å². The van der Waals surface area contributed by atoms with Gasteiger partial charge in [-0.25, -0.2) is 0 Å². The molecule has 1 aliphatic heterocycles. The number of fused-ring (bicyclic) bond motifs is 1. The maximum absolute atomic E-state index is 6.29. The second-order valence-electron chi connectivity index (χ2n) is 3.75. The third-order valence-corrected chi connectivity index (χ3v) is 3.09. The Morgan fingerprint density at radius 2 is 2.18 bits per heavy atom. The highest BCUT2D eigenvalue weighted by Crippen LogP contribution is 2.43. The van der Waals surface area contributed by atoms with Crippen molar-refractivity contribution in [2.75, 3.05) is 33.9 Å². The summed E-state index contributed by atoms with van der Waals surface area (Å²) in [5, 5.41) is 3.70. The van der Waals surface area contributed by atoms with Crippen LogP contribution in [-0.2, 0) is 6.42 Å². The summed E-state index contributed by atoms with van der Waals surface area (Å²) < 4.78 is 16.4. The molecule has 1 heterocycles. The molecule has 0 amide bonds. The van der Waals surface area contributed by atoms with Crippen LogP contribution < -0.4 is 19.5 Å². The average molecular weight is 258 g/mol. The first-order valence-electron chi connectivity index (χ1n) is 5.57. The highest BCUT2D eigenvalue weighted by atomic mass is 35.5. The molecule has 0 atom stereocenters. The van der Waals surface area contributed by atoms with E-state index in [9.17, 15) is 0 Å². The second-order valence-corrected chi connectivity index (χ2v) is 4.13. The van der Waals surface area contributed by atoms with Crippen molar-refractivity contribution in [2.24, 2.45) is 0 Å². The molecule has 0 aliphatic carbocycles. The van der Waals surface area contributed by atoms with Gasteiger partial charge in [-0.1, -0.05) is 11.6 Å². The maximum Gasteiger partial charge on any atom is 0.166 e. The van der Waals surface area contributed by atoms with Gasteiger partial charge in [0, 0.05) is 11.6 Å². The largest absolute Gasteiger partial charge is 0.495 e. The van der Waals surface area contributed by atoms with Crippen LogP contribution in [0.1, 0.15) is 5.56 Å². The minimum absolute atomic E-state index is 0.558. The number of hydrogen-bond donors (Lipinski definition) is 1. The van der Waals surface area contributed by atoms with Crippen molar-refractivity contribution in [2.45, 2.75) is 6.42 Å². The monoisotopic (exact) mass is 257 g/mol. The van der Waals surface area contributed by atoms with Crippen LogP contribution in [0.3, 0.4) is 0 Å². The summed E-state index contributed by atoms with van der Waals surface area (Å²) in [7, 11) is 3.50. The summed E-state index contributed by atoms with van der Waals surface area (Å²) >= 11 is 6.29. The van der Waals surface area contributed by atoms with Crippen LogP contribution in [0, 0.1) is 0 Å². The third kappa shape index (κ3) is 2.42. The fourth-order valence-electron chi connectivity index (χ4n) is 1.83. The van der Waals surface area contributed by atoms with E-state index in [0.29, 0.717) is 29.7 Å². The molecule has 0 fully saturated rings. The van der Waals surface area contributed by atoms with E-state index < -0.39 is 0 Å². The van der Waals surface area contributed by atoms with Gasteiger partial charge in [-0.15, -0.1) is 0 Å². The number of methoxy groups -OCH3 is 1. The fraction of sp³-hybridized carbons (Fsp3) is 0.500. The van der Waals surface area contributed by atoms with E-state index in [4.69, 9.17) is 25.8 Å². The summed E-state index contributed by atoms with van der Waals surface area (Å²) in [4.78, 5) is 0. The summed E-state index contributed by atoms with van der Waals surface area (Å²) in [5.74, 6) is 2.09. The van der Waals surface area contributed by atoms with E-state index in [2.05, 4.69) is 5.32 Å². The number of hydrogen-bond acceptors (Lipinski definition) is 4. The van der Waals surface area contributed by atoms with Crippen molar-refractivity contribution >= 4 is 11.6 Å². The predicted molar refractivity (Wildman–Crippen MR) is 66.6 cm³/mol. The Labute approximate surface area is 106 Å². The van der Waals surface area contributed by atoms with Gasteiger partial charge in [-0.2, -0.15) is 0 Å². The quantitative estimate of drug-likeness (QED) is 0.894. The average Bonchev–Trinajstić information content (AvgIpc) is 2.37. The third-order valence-electron chi connectivity index (χ3n) is 2.67. The summed E-state index contributed by atoms with van der Waals surface area (Å²) in [5.41, 5.74) is 0.940. The maximum atomic E-state index is 6.29. The first-order valence-corrected chi connectivity index (χ1v) is 5.95. The van der Waals surface area contributed by atoms with Crippen LogP contribution >= 0.6 is 11.6 Å². The first kappa shape index (κ1) is 12.3. The molecule has 0 unspecified atom stereocenters. The Morgan fingerprint density at radius 1 is 1.41 bits per heavy atom. The first-order chi connectivity index (χ1) is 8.27. The Morgan fingerprint density at radius 3 is 2.88 bits per heavy atom. The molecular weight excluding hydrogens is 242 g/mol. The van der Waals surface area contributed by atoms with Crippen molar-refractivity contribution in [3.63, 3.8) is 0 Å². The smallest absolute Gasteiger partial charge is 0.166 e. The molecule has 1 aromatic carbocycles. The molecule has 94 valence electrons. The molecule has 1 N–H and O–H groups in total. The second kappa shape index (κ2) is 5.47. The van der Waals surface area contributed by atoms with E-state index in [0.717, 1.165) is 24.3 Å². The van der Waals surface area contributed by atoms with Crippen molar-refractivity contribution in [3.8, 4) is 17.2 Å². The fourth-order valence-corrected chi connectivity index (χ4v) is 2.14. The molecular formula is C12H16ClNO3. The zero-order valence-corrected chi connectivity index (χ0v) is 10.8. The standard InChI is InChI=1S/C12H16ClNO3/c1-14-4-3-8-11(13)9(15-2)7-10-12(8)17-6-5-16-10/h7,14H,3-6H2,1-2H3. The van der Waals surface area contributed by atoms with Crippen LogP contribution in [0.2, 0.25) is 5.02 Å². The lowest BCUT2D eigenvalue weighted by atomic mass is 10.1. The predicted octanol–water partition coefficient (Wildman–Crippen LogP) is 1.88. The van der Waals surface area contributed by atoms with Gasteiger partial charge in [-0.05, 0) is 20.0 Å². The van der Waals surface area contributed by atoms with Gasteiger partial charge in [0.05, 0.1) is 12.1 Å². The van der Waals surface area contributed by atoms with Gasteiger partial charge in [0.2, 0.25) is 0 Å². The number of likely N-dealkylation sites (N-methyl/N-ethyl adjacent to an activating group) is 1. The van der Waals surface area contributed by atoms with Crippen LogP contribution in [0.4, 0.5) is 0 Å². The van der Waals surface area contributed by atoms with Crippen LogP contribution in [0.5, 0.6) is 17.2 Å². The molecule has 0 radical (unpaired) electrons. The van der Waals surface area contributed by atoms with Crippen molar-refractivity contribution in [3.05, 3.63) is 16.7 Å². The van der Waals surface area contributed by atoms with Gasteiger partial charge in [0.25, 0.3) is 0 Å². The van der Waals surface area contributed by atoms with Crippen LogP contribution in [-0.4, -0.2) is 33.9 Å². The number of nitrogens with one attached hydrogen (secondary N) is 1. The molecule has 0 saturated carbocycles. The van der Waals surface area contributed by atoms with Gasteiger partial charge < -0.3 is 19.5 Å². The Balaban J connectivity index is 2.44. The molecule has 1 aromatic rings. The van der Waals surface area contributed by atoms with Crippen molar-refractivity contribution in [1.82, 2.24) is 5.32 Å². The lowest BCUT2D eigenvalue weighted by Gasteiger charge is -2.23. The molecule has 17 heavy (non-hydrogen) atoms. The van der Waals surface area contributed by atoms with Crippen molar-refractivity contribution in [1.29, 1.82) is 0 Å². The molecule has 0 saturated heterocycles. The molecule has 1 aliphatic rings. The molecule has 4 nitrogen and oxygen atoms in total. The zero-order valence-electron chi connectivity index (χ0n) is 10.0. The Hall–Kier alpha value is -1.13. The minimum Gasteiger partial charge on any atom is -0.495 e. The number of rotatable bonds is 4. The normalized spacial score (nSPS) is 13.6. The Kier molecular flexibility index (Phi) is 3.97. The van der Waals surface area contributed by atoms with E-state index in [-0.39, 0.29) is 0 Å². The van der Waals surface area contributed by atoms with E-state index in [1.54, 1.807) is 13.2 Å². The summed E-state index contributed by atoms with van der Waals surface area (Å²) in [6.45, 7) is 1.94. The molecule has 0 bridgehead atoms. The van der Waals surface area contributed by atoms with Crippen LogP contribution in [0.25, 0.3) is 0 Å². The number of ether oxygens (including phenoxy) is 3. The zero-order chi connectivity index (χ0) is 12.3. The van der Waals surface area contributed by atoms with Gasteiger partial charge >= 0.3 is 0 Å². The highest BCUT2D eigenvalue weighted by molar-refractivity contribution is 6.33. The molecule has 0 spiro atoms. The van der Waals surface area contributed by atoms with E-state index in [1.165, 1.54) is 0 Å². The molecule has 2 rings (SSSR count). The topological polar surface area (TPSA) is 39.7 Å². The highest BCUT2D eigenvalue weighted by Gasteiger charge is 2.22. The van der Waals surface area contributed by atoms with Gasteiger partial charge in [-0.3, -0.25) is 0 Å². The number of benzene rings is 1. The number of halogens is 1. The summed E-state index contributed by atoms with van der Waals surface area (Å²) in [6, 6.07) is 1.78. The Bertz CT molecular complexity index is 409. The molecule has 0 aromatic heterocycles. The summed E-state index contributed by atoms with van der Waals surface area (Å²) in [6.07, 6.45) is 0.776. The lowest BCUT2D eigenvalue weighted by Crippen LogP contribution is -2.18. The lowest BCUT2D eigenvalue weighted by molar-refractivity contribution is 0.169. The molecule has 5 heteroatoms. The van der Waals surface area contributed by atoms with E-state index in [1.807, 2.05) is 7.05 Å². The van der Waals surface area contributed by atoms with Gasteiger partial charge in [0.1, 0.15) is 19.0 Å². The van der Waals surface area contributed by atoms with Gasteiger partial charge in [0.15, 0.2) is 11.5 Å². The van der Waals surface area contributed by atoms with Crippen LogP contribution in [0.15, 0.2) is 6.07 Å². The van der Waals surface area contributed by atoms with Crippen molar-refractivity contribution < 1.29 is 14.2 Å².